The molecule has 0 aliphatic carbocycles. The molecule has 2 N–H and O–H groups in total. The molecule has 4 rings (SSSR count). The maximum absolute atomic E-state index is 12.9. The number of benzene rings is 3. The van der Waals surface area contributed by atoms with E-state index < -0.39 is 0 Å². The van der Waals surface area contributed by atoms with Gasteiger partial charge in [0.15, 0.2) is 0 Å². The lowest BCUT2D eigenvalue weighted by Crippen LogP contribution is -2.24. The Labute approximate surface area is 162 Å². The summed E-state index contributed by atoms with van der Waals surface area (Å²) < 4.78 is 18.6. The summed E-state index contributed by atoms with van der Waals surface area (Å²) in [4.78, 5) is 15.5. The van der Waals surface area contributed by atoms with Crippen LogP contribution in [0, 0.1) is 5.82 Å². The molecule has 0 aliphatic rings. The molecule has 0 spiro atoms. The fourth-order valence-corrected chi connectivity index (χ4v) is 3.03. The van der Waals surface area contributed by atoms with Gasteiger partial charge in [-0.15, -0.1) is 0 Å². The van der Waals surface area contributed by atoms with Crippen LogP contribution in [0.3, 0.4) is 0 Å². The van der Waals surface area contributed by atoms with E-state index in [1.54, 1.807) is 12.1 Å². The number of carbonyl (C=O) groups excluding carboxylic acids is 1. The quantitative estimate of drug-likeness (QED) is 0.501. The van der Waals surface area contributed by atoms with Crippen LogP contribution in [0.15, 0.2) is 79.0 Å². The van der Waals surface area contributed by atoms with Gasteiger partial charge < -0.3 is 15.0 Å². The zero-order valence-corrected chi connectivity index (χ0v) is 15.1. The van der Waals surface area contributed by atoms with Gasteiger partial charge in [-0.25, -0.2) is 4.39 Å². The van der Waals surface area contributed by atoms with Crippen LogP contribution in [0.25, 0.3) is 10.9 Å². The molecule has 0 radical (unpaired) electrons. The predicted molar refractivity (Wildman–Crippen MR) is 107 cm³/mol. The highest BCUT2D eigenvalue weighted by molar-refractivity contribution is 5.88. The van der Waals surface area contributed by atoms with Crippen molar-refractivity contribution in [1.82, 2.24) is 10.3 Å². The van der Waals surface area contributed by atoms with Gasteiger partial charge in [-0.05, 0) is 53.6 Å². The zero-order valence-electron chi connectivity index (χ0n) is 15.1. The van der Waals surface area contributed by atoms with Crippen molar-refractivity contribution >= 4 is 16.8 Å². The van der Waals surface area contributed by atoms with Gasteiger partial charge in [0.2, 0.25) is 5.91 Å². The summed E-state index contributed by atoms with van der Waals surface area (Å²) in [7, 11) is 0. The Morgan fingerprint density at radius 3 is 2.36 bits per heavy atom. The predicted octanol–water partition coefficient (Wildman–Crippen LogP) is 4.96. The van der Waals surface area contributed by atoms with Gasteiger partial charge in [-0.2, -0.15) is 0 Å². The van der Waals surface area contributed by atoms with Crippen molar-refractivity contribution in [1.29, 1.82) is 0 Å². The number of fused-ring (bicyclic) bond motifs is 1. The van der Waals surface area contributed by atoms with Crippen LogP contribution < -0.4 is 10.1 Å². The average molecular weight is 374 g/mol. The van der Waals surface area contributed by atoms with Gasteiger partial charge in [0, 0.05) is 23.6 Å². The van der Waals surface area contributed by atoms with Crippen molar-refractivity contribution in [3.63, 3.8) is 0 Å². The molecule has 1 amide bonds. The third kappa shape index (κ3) is 4.20. The second-order valence-electron chi connectivity index (χ2n) is 6.51. The lowest BCUT2D eigenvalue weighted by Gasteiger charge is -2.08. The molecule has 1 heterocycles. The fourth-order valence-electron chi connectivity index (χ4n) is 3.03. The normalized spacial score (nSPS) is 10.8. The van der Waals surface area contributed by atoms with Crippen molar-refractivity contribution < 1.29 is 13.9 Å². The smallest absolute Gasteiger partial charge is 0.224 e. The highest BCUT2D eigenvalue weighted by Crippen LogP contribution is 2.22. The number of halogens is 1. The molecule has 1 aromatic heterocycles. The van der Waals surface area contributed by atoms with Crippen LogP contribution in [-0.2, 0) is 17.8 Å². The summed E-state index contributed by atoms with van der Waals surface area (Å²) in [6.45, 7) is 0.442. The average Bonchev–Trinajstić information content (AvgIpc) is 3.12. The molecule has 0 saturated carbocycles. The van der Waals surface area contributed by atoms with Crippen LogP contribution >= 0.6 is 0 Å². The first kappa shape index (κ1) is 17.8. The number of carbonyl (C=O) groups is 1. The summed E-state index contributed by atoms with van der Waals surface area (Å²) in [5, 5.41) is 4.01. The maximum Gasteiger partial charge on any atom is 0.224 e. The second-order valence-corrected chi connectivity index (χ2v) is 6.51. The van der Waals surface area contributed by atoms with Crippen molar-refractivity contribution in [3.05, 3.63) is 95.9 Å². The first-order valence-electron chi connectivity index (χ1n) is 9.01. The lowest BCUT2D eigenvalue weighted by atomic mass is 10.1. The molecule has 4 nitrogen and oxygen atoms in total. The van der Waals surface area contributed by atoms with E-state index in [0.717, 1.165) is 22.0 Å². The van der Waals surface area contributed by atoms with Crippen LogP contribution in [0.2, 0.25) is 0 Å². The Morgan fingerprint density at radius 1 is 0.929 bits per heavy atom. The third-order valence-electron chi connectivity index (χ3n) is 4.49. The molecular weight excluding hydrogens is 355 g/mol. The molecule has 0 aliphatic heterocycles. The maximum atomic E-state index is 12.9. The first-order chi connectivity index (χ1) is 13.7. The standard InChI is InChI=1S/C23H19FN2O2/c24-18-7-11-20(12-8-18)28-19-9-5-16(6-10-19)14-26-23(27)13-17-15-25-22-4-2-1-3-21(17)22/h1-12,15,25H,13-14H2,(H,26,27). The van der Waals surface area contributed by atoms with Crippen LogP contribution in [0.1, 0.15) is 11.1 Å². The summed E-state index contributed by atoms with van der Waals surface area (Å²) in [6.07, 6.45) is 2.21. The van der Waals surface area contributed by atoms with Crippen molar-refractivity contribution in [2.45, 2.75) is 13.0 Å². The number of H-pyrrole nitrogens is 1. The van der Waals surface area contributed by atoms with E-state index in [-0.39, 0.29) is 11.7 Å². The molecule has 28 heavy (non-hydrogen) atoms. The summed E-state index contributed by atoms with van der Waals surface area (Å²) in [5.74, 6) is 0.893. The molecule has 0 bridgehead atoms. The number of aromatic amines is 1. The second kappa shape index (κ2) is 7.96. The molecule has 5 heteroatoms. The molecule has 140 valence electrons. The van der Waals surface area contributed by atoms with Gasteiger partial charge in [-0.1, -0.05) is 30.3 Å². The molecule has 0 saturated heterocycles. The number of ether oxygens (including phenoxy) is 1. The minimum Gasteiger partial charge on any atom is -0.457 e. The minimum absolute atomic E-state index is 0.0311. The lowest BCUT2D eigenvalue weighted by molar-refractivity contribution is -0.120. The van der Waals surface area contributed by atoms with E-state index in [1.807, 2.05) is 54.7 Å². The Kier molecular flexibility index (Phi) is 5.06. The van der Waals surface area contributed by atoms with E-state index in [1.165, 1.54) is 12.1 Å². The number of rotatable bonds is 6. The van der Waals surface area contributed by atoms with Crippen LogP contribution in [0.5, 0.6) is 11.5 Å². The number of hydrogen-bond donors (Lipinski definition) is 2. The third-order valence-corrected chi connectivity index (χ3v) is 4.49. The van der Waals surface area contributed by atoms with Gasteiger partial charge in [0.25, 0.3) is 0 Å². The highest BCUT2D eigenvalue weighted by atomic mass is 19.1. The molecule has 3 aromatic carbocycles. The molecule has 0 fully saturated rings. The van der Waals surface area contributed by atoms with Crippen LogP contribution in [-0.4, -0.2) is 10.9 Å². The van der Waals surface area contributed by atoms with Gasteiger partial charge >= 0.3 is 0 Å². The minimum atomic E-state index is -0.300. The topological polar surface area (TPSA) is 54.1 Å². The molecule has 0 atom stereocenters. The number of nitrogens with one attached hydrogen (secondary N) is 2. The van der Waals surface area contributed by atoms with Crippen molar-refractivity contribution in [3.8, 4) is 11.5 Å². The first-order valence-corrected chi connectivity index (χ1v) is 9.01. The number of para-hydroxylation sites is 1. The van der Waals surface area contributed by atoms with E-state index >= 15 is 0 Å². The monoisotopic (exact) mass is 374 g/mol. The van der Waals surface area contributed by atoms with Crippen molar-refractivity contribution in [2.24, 2.45) is 0 Å². The fraction of sp³-hybridized carbons (Fsp3) is 0.0870. The number of hydrogen-bond acceptors (Lipinski definition) is 2. The SMILES string of the molecule is O=C(Cc1c[nH]c2ccccc12)NCc1ccc(Oc2ccc(F)cc2)cc1. The zero-order chi connectivity index (χ0) is 19.3. The Hall–Kier alpha value is -3.60. The van der Waals surface area contributed by atoms with Gasteiger partial charge in [0.1, 0.15) is 17.3 Å². The largest absolute Gasteiger partial charge is 0.457 e. The molecular formula is C23H19FN2O2. The van der Waals surface area contributed by atoms with Gasteiger partial charge in [-0.3, -0.25) is 4.79 Å². The summed E-state index contributed by atoms with van der Waals surface area (Å²) in [5.41, 5.74) is 2.98. The van der Waals surface area contributed by atoms with E-state index in [4.69, 9.17) is 4.74 Å². The van der Waals surface area contributed by atoms with Gasteiger partial charge in [0.05, 0.1) is 6.42 Å². The Balaban J connectivity index is 1.32. The Bertz CT molecular complexity index is 1090. The van der Waals surface area contributed by atoms with E-state index in [0.29, 0.717) is 24.5 Å². The van der Waals surface area contributed by atoms with E-state index in [9.17, 15) is 9.18 Å². The van der Waals surface area contributed by atoms with Crippen LogP contribution in [0.4, 0.5) is 4.39 Å². The van der Waals surface area contributed by atoms with Crippen molar-refractivity contribution in [2.75, 3.05) is 0 Å². The van der Waals surface area contributed by atoms with E-state index in [2.05, 4.69) is 10.3 Å². The highest BCUT2D eigenvalue weighted by Gasteiger charge is 2.08. The summed E-state index contributed by atoms with van der Waals surface area (Å²) in [6, 6.07) is 21.2. The number of amides is 1. The molecule has 4 aromatic rings. The Morgan fingerprint density at radius 2 is 1.61 bits per heavy atom. The number of aromatic nitrogens is 1. The summed E-state index contributed by atoms with van der Waals surface area (Å²) >= 11 is 0. The molecule has 0 unspecified atom stereocenters.